The van der Waals surface area contributed by atoms with Gasteiger partial charge in [0.05, 0.1) is 14.2 Å². The number of hydrogen-bond acceptors (Lipinski definition) is 3. The molecule has 0 spiro atoms. The monoisotopic (exact) mass is 383 g/mol. The maximum atomic E-state index is 5.48. The van der Waals surface area contributed by atoms with Gasteiger partial charge in [-0.05, 0) is 65.2 Å². The van der Waals surface area contributed by atoms with Gasteiger partial charge in [-0.15, -0.1) is 0 Å². The van der Waals surface area contributed by atoms with Crippen molar-refractivity contribution in [3.05, 3.63) is 90.0 Å². The fraction of sp³-hybridized carbons (Fsp3) is 0.125. The second-order valence-corrected chi connectivity index (χ2v) is 7.02. The molecule has 0 saturated carbocycles. The highest BCUT2D eigenvalue weighted by atomic mass is 16.5. The Hall–Kier alpha value is -3.73. The number of aromatic nitrogens is 3. The van der Waals surface area contributed by atoms with Gasteiger partial charge in [0.1, 0.15) is 11.5 Å². The van der Waals surface area contributed by atoms with E-state index in [1.54, 1.807) is 14.2 Å². The smallest absolute Gasteiger partial charge is 0.119 e. The summed E-state index contributed by atoms with van der Waals surface area (Å²) in [6.45, 7) is 0. The number of pyridine rings is 1. The molecule has 5 nitrogen and oxygen atoms in total. The molecule has 29 heavy (non-hydrogen) atoms. The predicted octanol–water partition coefficient (Wildman–Crippen LogP) is 5.24. The van der Waals surface area contributed by atoms with Crippen LogP contribution in [0.2, 0.25) is 0 Å². The number of methoxy groups -OCH3 is 2. The highest BCUT2D eigenvalue weighted by Crippen LogP contribution is 2.40. The number of nitrogens with zero attached hydrogens (tertiary/aromatic N) is 1. The first-order chi connectivity index (χ1) is 14.3. The molecule has 144 valence electrons. The first kappa shape index (κ1) is 17.4. The zero-order valence-corrected chi connectivity index (χ0v) is 16.3. The summed E-state index contributed by atoms with van der Waals surface area (Å²) in [6.07, 6.45) is 7.86. The molecule has 5 aromatic rings. The van der Waals surface area contributed by atoms with Crippen molar-refractivity contribution < 1.29 is 9.47 Å². The van der Waals surface area contributed by atoms with E-state index in [4.69, 9.17) is 9.47 Å². The van der Waals surface area contributed by atoms with Crippen LogP contribution >= 0.6 is 0 Å². The molecule has 3 heterocycles. The summed E-state index contributed by atoms with van der Waals surface area (Å²) in [6, 6.07) is 16.4. The Morgan fingerprint density at radius 3 is 1.72 bits per heavy atom. The number of hydrogen-bond donors (Lipinski definition) is 2. The van der Waals surface area contributed by atoms with Crippen molar-refractivity contribution in [1.29, 1.82) is 0 Å². The molecule has 0 amide bonds. The summed E-state index contributed by atoms with van der Waals surface area (Å²) in [7, 11) is 3.39. The van der Waals surface area contributed by atoms with Crippen molar-refractivity contribution in [1.82, 2.24) is 15.0 Å². The predicted molar refractivity (Wildman–Crippen MR) is 115 cm³/mol. The van der Waals surface area contributed by atoms with Crippen molar-refractivity contribution in [2.75, 3.05) is 14.2 Å². The standard InChI is InChI=1S/C24H21N3O2/c1-28-16-3-5-22-18(11-16)20(13-26-22)24(15-7-9-25-10-8-15)21-14-27-23-6-4-17(29-2)12-19(21)23/h3-14,24,26-27H,1-2H3. The SMILES string of the molecule is COc1ccc2[nH]cc(C(c3ccncc3)c3c[nH]c4ccc(OC)cc34)c2c1. The molecule has 0 atom stereocenters. The first-order valence-corrected chi connectivity index (χ1v) is 9.48. The zero-order valence-electron chi connectivity index (χ0n) is 16.3. The van der Waals surface area contributed by atoms with Crippen LogP contribution in [0.4, 0.5) is 0 Å². The van der Waals surface area contributed by atoms with Crippen LogP contribution < -0.4 is 9.47 Å². The third kappa shape index (κ3) is 2.91. The summed E-state index contributed by atoms with van der Waals surface area (Å²) < 4.78 is 11.0. The number of nitrogens with one attached hydrogen (secondary N) is 2. The number of aromatic amines is 2. The van der Waals surface area contributed by atoms with E-state index in [0.29, 0.717) is 0 Å². The van der Waals surface area contributed by atoms with Crippen LogP contribution in [-0.4, -0.2) is 29.2 Å². The van der Waals surface area contributed by atoms with Crippen molar-refractivity contribution in [3.63, 3.8) is 0 Å². The maximum absolute atomic E-state index is 5.48. The van der Waals surface area contributed by atoms with Crippen LogP contribution in [-0.2, 0) is 0 Å². The Labute approximate surface area is 168 Å². The van der Waals surface area contributed by atoms with Crippen LogP contribution in [0.3, 0.4) is 0 Å². The average molecular weight is 383 g/mol. The largest absolute Gasteiger partial charge is 0.497 e. The summed E-state index contributed by atoms with van der Waals surface area (Å²) in [5.74, 6) is 1.71. The maximum Gasteiger partial charge on any atom is 0.119 e. The van der Waals surface area contributed by atoms with Gasteiger partial charge in [-0.3, -0.25) is 4.98 Å². The molecule has 3 aromatic heterocycles. The average Bonchev–Trinajstić information content (AvgIpc) is 3.39. The topological polar surface area (TPSA) is 62.9 Å². The number of rotatable bonds is 5. The van der Waals surface area contributed by atoms with Gasteiger partial charge in [0.2, 0.25) is 0 Å². The third-order valence-corrected chi connectivity index (χ3v) is 5.50. The van der Waals surface area contributed by atoms with E-state index in [9.17, 15) is 0 Å². The summed E-state index contributed by atoms with van der Waals surface area (Å²) in [4.78, 5) is 11.0. The molecule has 0 fully saturated rings. The lowest BCUT2D eigenvalue weighted by molar-refractivity contribution is 0.415. The molecule has 0 aliphatic rings. The summed E-state index contributed by atoms with van der Waals surface area (Å²) in [5.41, 5.74) is 5.71. The van der Waals surface area contributed by atoms with Crippen LogP contribution in [0.1, 0.15) is 22.6 Å². The second-order valence-electron chi connectivity index (χ2n) is 7.02. The van der Waals surface area contributed by atoms with E-state index < -0.39 is 0 Å². The van der Waals surface area contributed by atoms with Gasteiger partial charge < -0.3 is 19.4 Å². The van der Waals surface area contributed by atoms with Gasteiger partial charge in [0.15, 0.2) is 0 Å². The van der Waals surface area contributed by atoms with Crippen LogP contribution in [0, 0.1) is 0 Å². The molecule has 0 radical (unpaired) electrons. The Morgan fingerprint density at radius 2 is 1.24 bits per heavy atom. The summed E-state index contributed by atoms with van der Waals surface area (Å²) in [5, 5.41) is 2.28. The lowest BCUT2D eigenvalue weighted by Gasteiger charge is -2.17. The van der Waals surface area contributed by atoms with Crippen LogP contribution in [0.25, 0.3) is 21.8 Å². The lowest BCUT2D eigenvalue weighted by atomic mass is 9.85. The molecule has 5 rings (SSSR count). The van der Waals surface area contributed by atoms with Gasteiger partial charge in [-0.25, -0.2) is 0 Å². The fourth-order valence-corrected chi connectivity index (χ4v) is 4.06. The van der Waals surface area contributed by atoms with Crippen LogP contribution in [0.15, 0.2) is 73.3 Å². The van der Waals surface area contributed by atoms with Gasteiger partial charge >= 0.3 is 0 Å². The van der Waals surface area contributed by atoms with Crippen molar-refractivity contribution in [2.24, 2.45) is 0 Å². The minimum Gasteiger partial charge on any atom is -0.497 e. The van der Waals surface area contributed by atoms with E-state index in [-0.39, 0.29) is 5.92 Å². The Balaban J connectivity index is 1.78. The minimum absolute atomic E-state index is 0.0275. The molecule has 0 bridgehead atoms. The second kappa shape index (κ2) is 7.02. The zero-order chi connectivity index (χ0) is 19.8. The third-order valence-electron chi connectivity index (χ3n) is 5.50. The van der Waals surface area contributed by atoms with Gasteiger partial charge in [0, 0.05) is 52.5 Å². The number of ether oxygens (including phenoxy) is 2. The van der Waals surface area contributed by atoms with E-state index in [2.05, 4.69) is 63.7 Å². The highest BCUT2D eigenvalue weighted by molar-refractivity contribution is 5.90. The normalized spacial score (nSPS) is 11.4. The number of benzene rings is 2. The van der Waals surface area contributed by atoms with Gasteiger partial charge in [-0.1, -0.05) is 0 Å². The number of fused-ring (bicyclic) bond motifs is 2. The van der Waals surface area contributed by atoms with Gasteiger partial charge in [0.25, 0.3) is 0 Å². The Kier molecular flexibility index (Phi) is 4.21. The molecule has 0 saturated heterocycles. The lowest BCUT2D eigenvalue weighted by Crippen LogP contribution is -2.02. The molecular weight excluding hydrogens is 362 g/mol. The van der Waals surface area contributed by atoms with Crippen LogP contribution in [0.5, 0.6) is 11.5 Å². The number of H-pyrrole nitrogens is 2. The Bertz CT molecular complexity index is 1210. The summed E-state index contributed by atoms with van der Waals surface area (Å²) >= 11 is 0. The van der Waals surface area contributed by atoms with Gasteiger partial charge in [-0.2, -0.15) is 0 Å². The molecule has 5 heteroatoms. The van der Waals surface area contributed by atoms with E-state index in [1.165, 1.54) is 16.7 Å². The molecule has 2 aromatic carbocycles. The van der Waals surface area contributed by atoms with E-state index >= 15 is 0 Å². The minimum atomic E-state index is 0.0275. The molecule has 0 unspecified atom stereocenters. The van der Waals surface area contributed by atoms with Crippen molar-refractivity contribution in [2.45, 2.75) is 5.92 Å². The molecule has 0 aliphatic carbocycles. The van der Waals surface area contributed by atoms with E-state index in [0.717, 1.165) is 33.3 Å². The van der Waals surface area contributed by atoms with Crippen molar-refractivity contribution in [3.8, 4) is 11.5 Å². The quantitative estimate of drug-likeness (QED) is 0.436. The molecular formula is C24H21N3O2. The fourth-order valence-electron chi connectivity index (χ4n) is 4.06. The molecule has 2 N–H and O–H groups in total. The molecule has 0 aliphatic heterocycles. The first-order valence-electron chi connectivity index (χ1n) is 9.48. The Morgan fingerprint density at radius 1 is 0.724 bits per heavy atom. The highest BCUT2D eigenvalue weighted by Gasteiger charge is 2.23. The van der Waals surface area contributed by atoms with E-state index in [1.807, 2.05) is 24.5 Å². The van der Waals surface area contributed by atoms with Crippen molar-refractivity contribution >= 4 is 21.8 Å².